The third-order valence-electron chi connectivity index (χ3n) is 3.19. The van der Waals surface area contributed by atoms with Crippen molar-refractivity contribution in [3.63, 3.8) is 0 Å². The largest absolute Gasteiger partial charge is 1.00 e. The van der Waals surface area contributed by atoms with E-state index in [9.17, 15) is 22.9 Å². The van der Waals surface area contributed by atoms with Gasteiger partial charge in [0.15, 0.2) is 5.78 Å². The average molecular weight is 310 g/mol. The van der Waals surface area contributed by atoms with Crippen LogP contribution in [-0.4, -0.2) is 18.8 Å². The summed E-state index contributed by atoms with van der Waals surface area (Å²) in [6.07, 6.45) is 3.21. The first-order valence-electron chi connectivity index (χ1n) is 5.68. The van der Waals surface area contributed by atoms with E-state index in [-0.39, 0.29) is 57.6 Å². The van der Waals surface area contributed by atoms with Gasteiger partial charge in [0.2, 0.25) is 0 Å². The Morgan fingerprint density at radius 3 is 2.24 bits per heavy atom. The van der Waals surface area contributed by atoms with Crippen LogP contribution < -0.4 is 34.7 Å². The Labute approximate surface area is 143 Å². The summed E-state index contributed by atoms with van der Waals surface area (Å²) in [6.45, 7) is 0. The average Bonchev–Trinajstić information content (AvgIpc) is 2.43. The second-order valence-corrected chi connectivity index (χ2v) is 5.74. The molecule has 0 bridgehead atoms. The third-order valence-corrected chi connectivity index (χ3v) is 4.02. The number of rotatable bonds is 1. The van der Waals surface area contributed by atoms with E-state index in [0.29, 0.717) is 0 Å². The van der Waals surface area contributed by atoms with E-state index in [1.165, 1.54) is 18.2 Å². The van der Waals surface area contributed by atoms with Crippen LogP contribution in [0.1, 0.15) is 15.9 Å². The van der Waals surface area contributed by atoms with Crippen molar-refractivity contribution in [1.82, 2.24) is 0 Å². The van der Waals surface area contributed by atoms with Crippen LogP contribution in [0.25, 0.3) is 5.76 Å². The minimum atomic E-state index is -4.67. The van der Waals surface area contributed by atoms with E-state index in [1.54, 1.807) is 12.1 Å². The van der Waals surface area contributed by atoms with Gasteiger partial charge in [0.25, 0.3) is 0 Å². The summed E-state index contributed by atoms with van der Waals surface area (Å²) in [5.74, 6) is -0.814. The smallest absolute Gasteiger partial charge is 0.872 e. The summed E-state index contributed by atoms with van der Waals surface area (Å²) < 4.78 is 33.0. The molecule has 101 valence electrons. The van der Waals surface area contributed by atoms with Crippen molar-refractivity contribution in [3.8, 4) is 0 Å². The molecule has 0 saturated carbocycles. The number of hydrogen-bond acceptors (Lipinski definition) is 5. The minimum absolute atomic E-state index is 0. The number of ketones is 1. The normalized spacial score (nSPS) is 17.8. The van der Waals surface area contributed by atoms with Crippen molar-refractivity contribution < 1.29 is 52.4 Å². The zero-order valence-corrected chi connectivity index (χ0v) is 13.8. The van der Waals surface area contributed by atoms with Gasteiger partial charge in [0.05, 0.1) is 0 Å². The molecule has 0 spiro atoms. The number of benzene rings is 1. The van der Waals surface area contributed by atoms with E-state index in [2.05, 4.69) is 0 Å². The molecule has 0 heterocycles. The maximum Gasteiger partial charge on any atom is 1.00 e. The standard InChI is InChI=1S/C14H9O5S.Na/c15-13-9-3-1-2-4-10(9)14(16)12-7-8(20(17,18)19)5-6-11(12)13;/h1-7,15H,(H,17,18,19);/q;+1/p-2. The van der Waals surface area contributed by atoms with Gasteiger partial charge in [0.1, 0.15) is 15.4 Å². The molecule has 1 aromatic carbocycles. The van der Waals surface area contributed by atoms with Gasteiger partial charge >= 0.3 is 29.6 Å². The first-order valence-corrected chi connectivity index (χ1v) is 7.09. The number of fused-ring (bicyclic) bond motifs is 2. The maximum atomic E-state index is 12.3. The Kier molecular flexibility index (Phi) is 4.28. The Hall–Kier alpha value is -1.18. The van der Waals surface area contributed by atoms with E-state index in [4.69, 9.17) is 0 Å². The molecule has 21 heavy (non-hydrogen) atoms. The molecule has 0 N–H and O–H groups in total. The second-order valence-electron chi connectivity index (χ2n) is 4.37. The molecule has 2 aliphatic carbocycles. The van der Waals surface area contributed by atoms with Gasteiger partial charge in [-0.1, -0.05) is 42.2 Å². The molecular weight excluding hydrogens is 303 g/mol. The predicted octanol–water partition coefficient (Wildman–Crippen LogP) is -2.47. The molecule has 3 rings (SSSR count). The van der Waals surface area contributed by atoms with E-state index in [1.807, 2.05) is 0 Å². The van der Waals surface area contributed by atoms with Gasteiger partial charge in [-0.2, -0.15) is 0 Å². The summed E-state index contributed by atoms with van der Waals surface area (Å²) in [5, 5.41) is 11.7. The molecule has 0 unspecified atom stereocenters. The molecular formula is C14H7NaO5S-. The van der Waals surface area contributed by atoms with Crippen LogP contribution in [0.15, 0.2) is 53.6 Å². The van der Waals surface area contributed by atoms with Crippen LogP contribution in [-0.2, 0) is 10.1 Å². The van der Waals surface area contributed by atoms with Crippen LogP contribution in [0.2, 0.25) is 0 Å². The topological polar surface area (TPSA) is 97.3 Å². The summed E-state index contributed by atoms with van der Waals surface area (Å²) in [5.41, 5.74) is 0.555. The van der Waals surface area contributed by atoms with Crippen molar-refractivity contribution in [1.29, 1.82) is 0 Å². The van der Waals surface area contributed by atoms with Crippen LogP contribution in [0.5, 0.6) is 0 Å². The predicted molar refractivity (Wildman–Crippen MR) is 67.9 cm³/mol. The molecule has 0 saturated heterocycles. The summed E-state index contributed by atoms with van der Waals surface area (Å²) in [4.78, 5) is 12.3. The summed E-state index contributed by atoms with van der Waals surface area (Å²) in [7, 11) is -4.67. The fourth-order valence-electron chi connectivity index (χ4n) is 2.23. The fraction of sp³-hybridized carbons (Fsp3) is 0. The summed E-state index contributed by atoms with van der Waals surface area (Å²) >= 11 is 0. The molecule has 0 aliphatic heterocycles. The van der Waals surface area contributed by atoms with Gasteiger partial charge < -0.3 is 9.66 Å². The number of allylic oxidation sites excluding steroid dienone is 3. The van der Waals surface area contributed by atoms with Crippen molar-refractivity contribution >= 4 is 21.7 Å². The Morgan fingerprint density at radius 2 is 1.62 bits per heavy atom. The zero-order chi connectivity index (χ0) is 14.5. The third kappa shape index (κ3) is 2.65. The van der Waals surface area contributed by atoms with E-state index < -0.39 is 21.2 Å². The molecule has 7 heteroatoms. The molecule has 1 aromatic rings. The first kappa shape index (κ1) is 16.2. The van der Waals surface area contributed by atoms with Crippen LogP contribution >= 0.6 is 0 Å². The van der Waals surface area contributed by atoms with Gasteiger partial charge in [0, 0.05) is 11.1 Å². The molecule has 0 aromatic heterocycles. The molecule has 0 atom stereocenters. The zero-order valence-electron chi connectivity index (χ0n) is 11.0. The van der Waals surface area contributed by atoms with Crippen LogP contribution in [0.4, 0.5) is 0 Å². The van der Waals surface area contributed by atoms with E-state index >= 15 is 0 Å². The SMILES string of the molecule is O=C1C2=C[C](S(=O)(=O)[O-])C=CC2=C([O-])c2ccccc21.[Na+]. The van der Waals surface area contributed by atoms with E-state index in [0.717, 1.165) is 12.2 Å². The van der Waals surface area contributed by atoms with Gasteiger partial charge in [-0.15, -0.1) is 0 Å². The van der Waals surface area contributed by atoms with Crippen molar-refractivity contribution in [2.75, 3.05) is 0 Å². The van der Waals surface area contributed by atoms with Crippen LogP contribution in [0.3, 0.4) is 0 Å². The number of carbonyl (C=O) groups excluding carboxylic acids is 1. The summed E-state index contributed by atoms with van der Waals surface area (Å²) in [6, 6.07) is 6.29. The molecule has 1 radical (unpaired) electrons. The molecule has 2 aliphatic rings. The van der Waals surface area contributed by atoms with Crippen molar-refractivity contribution in [3.05, 3.63) is 70.0 Å². The number of carbonyl (C=O) groups is 1. The maximum absolute atomic E-state index is 12.3. The quantitative estimate of drug-likeness (QED) is 0.423. The molecule has 0 amide bonds. The Morgan fingerprint density at radius 1 is 1.00 bits per heavy atom. The van der Waals surface area contributed by atoms with Gasteiger partial charge in [-0.3, -0.25) is 4.79 Å². The number of hydrogen-bond donors (Lipinski definition) is 0. The Bertz CT molecular complexity index is 818. The van der Waals surface area contributed by atoms with Crippen molar-refractivity contribution in [2.45, 2.75) is 0 Å². The fourth-order valence-corrected chi connectivity index (χ4v) is 2.73. The molecule has 5 nitrogen and oxygen atoms in total. The first-order chi connectivity index (χ1) is 9.39. The Balaban J connectivity index is 0.00000161. The van der Waals surface area contributed by atoms with Gasteiger partial charge in [-0.25, -0.2) is 8.42 Å². The van der Waals surface area contributed by atoms with Crippen LogP contribution in [0, 0.1) is 5.25 Å². The van der Waals surface area contributed by atoms with Gasteiger partial charge in [-0.05, 0) is 17.2 Å². The molecule has 0 fully saturated rings. The minimum Gasteiger partial charge on any atom is -0.872 e. The monoisotopic (exact) mass is 310 g/mol. The van der Waals surface area contributed by atoms with Crippen molar-refractivity contribution in [2.24, 2.45) is 0 Å². The number of Topliss-reactive ketones (excluding diaryl/α,β-unsaturated/α-hetero) is 1. The second kappa shape index (κ2) is 5.55.